The molecule has 0 unspecified atom stereocenters. The summed E-state index contributed by atoms with van der Waals surface area (Å²) in [7, 11) is 1.75. The fraction of sp³-hybridized carbons (Fsp3) is 0.615. The summed E-state index contributed by atoms with van der Waals surface area (Å²) in [4.78, 5) is 42.2. The summed E-state index contributed by atoms with van der Waals surface area (Å²) < 4.78 is 7.65. The van der Waals surface area contributed by atoms with Crippen LogP contribution in [0, 0.1) is 5.92 Å². The second kappa shape index (κ2) is 12.9. The largest absolute Gasteiger partial charge is 0.487 e. The highest BCUT2D eigenvalue weighted by Crippen LogP contribution is 2.31. The van der Waals surface area contributed by atoms with E-state index in [0.717, 1.165) is 25.7 Å². The predicted octanol–water partition coefficient (Wildman–Crippen LogP) is 1.51. The number of anilines is 1. The predicted molar refractivity (Wildman–Crippen MR) is 142 cm³/mol. The molecule has 4 amide bonds. The van der Waals surface area contributed by atoms with Crippen LogP contribution in [0.4, 0.5) is 10.5 Å². The van der Waals surface area contributed by atoms with Crippen molar-refractivity contribution in [2.24, 2.45) is 5.92 Å². The summed E-state index contributed by atoms with van der Waals surface area (Å²) in [5.74, 6) is -0.445. The standard InChI is InChI=1S/C26H38N8O5/c1-17-12-34(18(2)15-35)25(37)21-11-20(28-24(36)14-33-16-27-30-31-33)9-10-22(21)39-23(17)13-32(3)26(38)29-19-7-5-4-6-8-19/h9-11,16-19,23,35H,4-8,12-15H2,1-3H3,(H,28,36)(H,29,38)/t17-,18-,23-/m0/s1. The Labute approximate surface area is 227 Å². The van der Waals surface area contributed by atoms with Gasteiger partial charge in [-0.1, -0.05) is 26.2 Å². The van der Waals surface area contributed by atoms with E-state index in [2.05, 4.69) is 26.2 Å². The Hall–Kier alpha value is -3.74. The Balaban J connectivity index is 1.53. The van der Waals surface area contributed by atoms with Gasteiger partial charge in [0.2, 0.25) is 5.91 Å². The normalized spacial score (nSPS) is 20.7. The Morgan fingerprint density at radius 3 is 2.72 bits per heavy atom. The molecule has 1 aromatic heterocycles. The minimum Gasteiger partial charge on any atom is -0.487 e. The molecule has 13 nitrogen and oxygen atoms in total. The molecule has 2 aromatic rings. The lowest BCUT2D eigenvalue weighted by Gasteiger charge is -2.38. The second-order valence-corrected chi connectivity index (χ2v) is 10.6. The zero-order chi connectivity index (χ0) is 27.9. The number of carbonyl (C=O) groups excluding carboxylic acids is 3. The fourth-order valence-electron chi connectivity index (χ4n) is 5.00. The van der Waals surface area contributed by atoms with Gasteiger partial charge in [0.25, 0.3) is 5.91 Å². The van der Waals surface area contributed by atoms with E-state index >= 15 is 0 Å². The average Bonchev–Trinajstić information content (AvgIpc) is 3.43. The molecular weight excluding hydrogens is 504 g/mol. The molecular formula is C26H38N8O5. The summed E-state index contributed by atoms with van der Waals surface area (Å²) in [6.45, 7) is 4.12. The lowest BCUT2D eigenvalue weighted by Crippen LogP contribution is -2.52. The van der Waals surface area contributed by atoms with E-state index in [4.69, 9.17) is 4.74 Å². The number of likely N-dealkylation sites (N-methyl/N-ethyl adjacent to an activating group) is 1. The number of rotatable bonds is 8. The molecule has 0 saturated heterocycles. The number of ether oxygens (including phenoxy) is 1. The van der Waals surface area contributed by atoms with Gasteiger partial charge in [-0.25, -0.2) is 9.48 Å². The molecule has 1 fully saturated rings. The lowest BCUT2D eigenvalue weighted by molar-refractivity contribution is -0.116. The number of nitrogens with zero attached hydrogens (tertiary/aromatic N) is 6. The van der Waals surface area contributed by atoms with Crippen LogP contribution >= 0.6 is 0 Å². The van der Waals surface area contributed by atoms with E-state index in [1.165, 1.54) is 17.4 Å². The first-order valence-corrected chi connectivity index (χ1v) is 13.5. The number of nitrogens with one attached hydrogen (secondary N) is 2. The third-order valence-corrected chi connectivity index (χ3v) is 7.38. The number of fused-ring (bicyclic) bond motifs is 1. The van der Waals surface area contributed by atoms with Crippen molar-refractivity contribution in [1.82, 2.24) is 35.3 Å². The van der Waals surface area contributed by atoms with Gasteiger partial charge in [0, 0.05) is 31.2 Å². The molecule has 1 aliphatic carbocycles. The number of aromatic nitrogens is 4. The number of amides is 4. The summed E-state index contributed by atoms with van der Waals surface area (Å²) in [6.07, 6.45) is 6.37. The highest BCUT2D eigenvalue weighted by molar-refractivity contribution is 5.99. The van der Waals surface area contributed by atoms with Crippen LogP contribution in [0.3, 0.4) is 0 Å². The lowest BCUT2D eigenvalue weighted by atomic mass is 9.96. The van der Waals surface area contributed by atoms with E-state index < -0.39 is 12.1 Å². The Morgan fingerprint density at radius 2 is 2.03 bits per heavy atom. The minimum absolute atomic E-state index is 0.0863. The van der Waals surface area contributed by atoms with Crippen LogP contribution < -0.4 is 15.4 Å². The molecule has 2 heterocycles. The zero-order valence-electron chi connectivity index (χ0n) is 22.7. The van der Waals surface area contributed by atoms with Gasteiger partial charge in [-0.05, 0) is 48.4 Å². The van der Waals surface area contributed by atoms with Crippen molar-refractivity contribution < 1.29 is 24.2 Å². The van der Waals surface area contributed by atoms with Gasteiger partial charge in [-0.3, -0.25) is 9.59 Å². The van der Waals surface area contributed by atoms with Crippen LogP contribution in [0.5, 0.6) is 5.75 Å². The number of aliphatic hydroxyl groups is 1. The van der Waals surface area contributed by atoms with Gasteiger partial charge in [0.15, 0.2) is 0 Å². The van der Waals surface area contributed by atoms with Gasteiger partial charge < -0.3 is 30.3 Å². The fourth-order valence-corrected chi connectivity index (χ4v) is 5.00. The summed E-state index contributed by atoms with van der Waals surface area (Å²) >= 11 is 0. The Kier molecular flexibility index (Phi) is 9.33. The van der Waals surface area contributed by atoms with Crippen molar-refractivity contribution in [2.75, 3.05) is 32.1 Å². The van der Waals surface area contributed by atoms with Crippen molar-refractivity contribution in [3.8, 4) is 5.75 Å². The van der Waals surface area contributed by atoms with E-state index in [-0.39, 0.29) is 48.5 Å². The van der Waals surface area contributed by atoms with Crippen LogP contribution in [0.25, 0.3) is 0 Å². The number of hydrogen-bond donors (Lipinski definition) is 3. The number of carbonyl (C=O) groups is 3. The summed E-state index contributed by atoms with van der Waals surface area (Å²) in [5.41, 5.74) is 0.677. The molecule has 212 valence electrons. The number of hydrogen-bond acceptors (Lipinski definition) is 8. The highest BCUT2D eigenvalue weighted by Gasteiger charge is 2.34. The van der Waals surface area contributed by atoms with E-state index in [1.807, 2.05) is 6.92 Å². The number of urea groups is 1. The molecule has 4 rings (SSSR count). The second-order valence-electron chi connectivity index (χ2n) is 10.6. The number of aliphatic hydroxyl groups excluding tert-OH is 1. The summed E-state index contributed by atoms with van der Waals surface area (Å²) in [6, 6.07) is 4.49. The summed E-state index contributed by atoms with van der Waals surface area (Å²) in [5, 5.41) is 26.5. The Bertz CT molecular complexity index is 1140. The third-order valence-electron chi connectivity index (χ3n) is 7.38. The maximum absolute atomic E-state index is 13.6. The molecule has 1 aromatic carbocycles. The molecule has 1 aliphatic heterocycles. The third kappa shape index (κ3) is 7.22. The molecule has 3 atom stereocenters. The smallest absolute Gasteiger partial charge is 0.317 e. The number of benzene rings is 1. The molecule has 0 spiro atoms. The van der Waals surface area contributed by atoms with E-state index in [1.54, 1.807) is 42.0 Å². The van der Waals surface area contributed by atoms with Gasteiger partial charge in [0.05, 0.1) is 24.8 Å². The maximum atomic E-state index is 13.6. The molecule has 39 heavy (non-hydrogen) atoms. The number of tetrazole rings is 1. The van der Waals surface area contributed by atoms with Crippen molar-refractivity contribution in [1.29, 1.82) is 0 Å². The van der Waals surface area contributed by atoms with Crippen LogP contribution in [0.15, 0.2) is 24.5 Å². The molecule has 2 aliphatic rings. The van der Waals surface area contributed by atoms with Gasteiger partial charge in [-0.15, -0.1) is 5.10 Å². The van der Waals surface area contributed by atoms with Crippen LogP contribution in [0.2, 0.25) is 0 Å². The van der Waals surface area contributed by atoms with Crippen molar-refractivity contribution in [3.05, 3.63) is 30.1 Å². The van der Waals surface area contributed by atoms with E-state index in [0.29, 0.717) is 24.5 Å². The van der Waals surface area contributed by atoms with Crippen molar-refractivity contribution in [2.45, 2.75) is 70.7 Å². The molecule has 13 heteroatoms. The SMILES string of the molecule is C[C@H]1CN([C@@H](C)CO)C(=O)c2cc(NC(=O)Cn3cnnn3)ccc2O[C@H]1CN(C)C(=O)NC1CCCCC1. The highest BCUT2D eigenvalue weighted by atomic mass is 16.5. The molecule has 0 radical (unpaired) electrons. The molecule has 0 bridgehead atoms. The van der Waals surface area contributed by atoms with Crippen molar-refractivity contribution in [3.63, 3.8) is 0 Å². The first-order chi connectivity index (χ1) is 18.7. The minimum atomic E-state index is -0.433. The molecule has 3 N–H and O–H groups in total. The van der Waals surface area contributed by atoms with E-state index in [9.17, 15) is 19.5 Å². The van der Waals surface area contributed by atoms with Gasteiger partial charge in [0.1, 0.15) is 24.7 Å². The van der Waals surface area contributed by atoms with Gasteiger partial charge >= 0.3 is 6.03 Å². The van der Waals surface area contributed by atoms with Crippen LogP contribution in [-0.2, 0) is 11.3 Å². The average molecular weight is 543 g/mol. The topological polar surface area (TPSA) is 155 Å². The first kappa shape index (κ1) is 28.3. The first-order valence-electron chi connectivity index (χ1n) is 13.5. The zero-order valence-corrected chi connectivity index (χ0v) is 22.7. The Morgan fingerprint density at radius 1 is 1.26 bits per heavy atom. The van der Waals surface area contributed by atoms with Crippen LogP contribution in [0.1, 0.15) is 56.3 Å². The van der Waals surface area contributed by atoms with Gasteiger partial charge in [-0.2, -0.15) is 0 Å². The van der Waals surface area contributed by atoms with Crippen molar-refractivity contribution >= 4 is 23.5 Å². The monoisotopic (exact) mass is 542 g/mol. The quantitative estimate of drug-likeness (QED) is 0.453. The van der Waals surface area contributed by atoms with Crippen LogP contribution in [-0.4, -0.2) is 97.9 Å². The molecule has 1 saturated carbocycles. The maximum Gasteiger partial charge on any atom is 0.317 e.